The van der Waals surface area contributed by atoms with Crippen molar-refractivity contribution in [3.63, 3.8) is 0 Å². The summed E-state index contributed by atoms with van der Waals surface area (Å²) < 4.78 is 64.8. The lowest BCUT2D eigenvalue weighted by atomic mass is 9.54. The van der Waals surface area contributed by atoms with Crippen molar-refractivity contribution in [1.29, 1.82) is 0 Å². The molecule has 0 amide bonds. The molecule has 8 rings (SSSR count). The van der Waals surface area contributed by atoms with Crippen molar-refractivity contribution in [2.45, 2.75) is 57.3 Å². The Balaban J connectivity index is 1.20. The summed E-state index contributed by atoms with van der Waals surface area (Å²) in [5, 5.41) is 11.5. The number of carboxylic acid groups (broad SMARTS) is 1. The normalized spacial score (nSPS) is 25.1. The van der Waals surface area contributed by atoms with Gasteiger partial charge in [-0.05, 0) is 80.3 Å². The van der Waals surface area contributed by atoms with Gasteiger partial charge in [0.25, 0.3) is 0 Å². The second-order valence-electron chi connectivity index (χ2n) is 13.4. The number of carboxylic acids is 1. The minimum Gasteiger partial charge on any atom is -0.487 e. The molecule has 2 unspecified atom stereocenters. The van der Waals surface area contributed by atoms with Gasteiger partial charge in [-0.3, -0.25) is 4.79 Å². The first-order valence-corrected chi connectivity index (χ1v) is 15.9. The Labute approximate surface area is 273 Å². The molecule has 10 heteroatoms. The number of hydrogen-bond acceptors (Lipinski definition) is 4. The van der Waals surface area contributed by atoms with E-state index in [1.165, 1.54) is 18.2 Å². The van der Waals surface area contributed by atoms with Crippen LogP contribution in [-0.2, 0) is 29.5 Å². The average molecular weight is 654 g/mol. The highest BCUT2D eigenvalue weighted by molar-refractivity contribution is 5.81. The third-order valence-corrected chi connectivity index (χ3v) is 10.6. The smallest absolute Gasteiger partial charge is 0.416 e. The number of aromatic nitrogens is 3. The topological polar surface area (TPSA) is 77.2 Å². The maximum atomic E-state index is 16.7. The van der Waals surface area contributed by atoms with Gasteiger partial charge in [0, 0.05) is 23.4 Å². The molecule has 0 bridgehead atoms. The van der Waals surface area contributed by atoms with Crippen molar-refractivity contribution in [3.8, 4) is 5.75 Å². The van der Waals surface area contributed by atoms with E-state index in [-0.39, 0.29) is 19.6 Å². The third-order valence-electron chi connectivity index (χ3n) is 10.6. The number of alkyl halides is 3. The number of benzene rings is 3. The van der Waals surface area contributed by atoms with E-state index in [0.717, 1.165) is 39.8 Å². The van der Waals surface area contributed by atoms with Crippen LogP contribution in [0.5, 0.6) is 5.75 Å². The fourth-order valence-corrected chi connectivity index (χ4v) is 8.12. The minimum atomic E-state index is -4.50. The van der Waals surface area contributed by atoms with E-state index in [4.69, 9.17) is 9.72 Å². The van der Waals surface area contributed by atoms with Crippen LogP contribution in [0.4, 0.5) is 17.6 Å². The summed E-state index contributed by atoms with van der Waals surface area (Å²) in [7, 11) is 0. The first-order chi connectivity index (χ1) is 22.9. The number of fused-ring (bicyclic) bond motifs is 5. The molecular weight excluding hydrogens is 622 g/mol. The van der Waals surface area contributed by atoms with E-state index in [0.29, 0.717) is 34.6 Å². The third kappa shape index (κ3) is 4.56. The predicted octanol–water partition coefficient (Wildman–Crippen LogP) is 8.90. The standard InChI is InChI=1S/C38H31F4N3O3/c1-36(22-8-10-23(11-9-22)38(40,41)42)18-31(39)37(2)20-45-30-16-13-25(48-19-24-12-7-21-5-3-4-6-28(21)43-24)17-29(30)44-34(45)32-26(35(46)47)14-15-27(36)33(32)37/h3-13,16-18,26,32H,14-15,19-20H2,1-2H3,(H,46,47)/t26-,32-,36?,37?/m0/s1. The molecule has 1 N–H and O–H groups in total. The number of para-hydroxylation sites is 1. The number of ether oxygens (including phenoxy) is 1. The van der Waals surface area contributed by atoms with Crippen molar-refractivity contribution < 1.29 is 32.2 Å². The zero-order chi connectivity index (χ0) is 33.6. The van der Waals surface area contributed by atoms with E-state index in [1.807, 2.05) is 53.1 Å². The SMILES string of the molecule is CC12Cn3c(nc4cc(OCc5ccc6ccccc6n5)ccc43)[C@@H]3C1=C(CC[C@@H]3C(=O)O)C(C)(c1ccc(C(F)(F)F)cc1)C=C2F. The molecule has 0 spiro atoms. The number of imidazole rings is 1. The number of allylic oxidation sites excluding steroid dienone is 4. The zero-order valence-corrected chi connectivity index (χ0v) is 26.2. The Bertz CT molecular complexity index is 2200. The molecule has 0 saturated heterocycles. The summed E-state index contributed by atoms with van der Waals surface area (Å²) in [5.74, 6) is -1.90. The molecule has 1 aliphatic heterocycles. The van der Waals surface area contributed by atoms with Crippen molar-refractivity contribution in [2.24, 2.45) is 11.3 Å². The molecule has 2 aliphatic carbocycles. The molecule has 0 radical (unpaired) electrons. The van der Waals surface area contributed by atoms with Gasteiger partial charge in [-0.15, -0.1) is 0 Å². The van der Waals surface area contributed by atoms with E-state index < -0.39 is 46.2 Å². The zero-order valence-electron chi connectivity index (χ0n) is 26.2. The highest BCUT2D eigenvalue weighted by Crippen LogP contribution is 2.62. The van der Waals surface area contributed by atoms with Gasteiger partial charge in [-0.2, -0.15) is 13.2 Å². The molecule has 3 aliphatic rings. The van der Waals surface area contributed by atoms with Gasteiger partial charge < -0.3 is 14.4 Å². The van der Waals surface area contributed by atoms with Crippen LogP contribution < -0.4 is 4.74 Å². The van der Waals surface area contributed by atoms with E-state index >= 15 is 4.39 Å². The summed E-state index contributed by atoms with van der Waals surface area (Å²) in [6.07, 6.45) is -2.32. The van der Waals surface area contributed by atoms with Crippen LogP contribution in [0.3, 0.4) is 0 Å². The second-order valence-corrected chi connectivity index (χ2v) is 13.4. The summed E-state index contributed by atoms with van der Waals surface area (Å²) >= 11 is 0. The highest BCUT2D eigenvalue weighted by Gasteiger charge is 2.56. The van der Waals surface area contributed by atoms with Gasteiger partial charge in [0.1, 0.15) is 24.0 Å². The molecular formula is C38H31F4N3O3. The first kappa shape index (κ1) is 30.4. The summed E-state index contributed by atoms with van der Waals surface area (Å²) in [6, 6.07) is 22.1. The Kier molecular flexibility index (Phi) is 6.64. The lowest BCUT2D eigenvalue weighted by Crippen LogP contribution is -2.47. The van der Waals surface area contributed by atoms with Gasteiger partial charge in [0.15, 0.2) is 0 Å². The number of hydrogen-bond donors (Lipinski definition) is 1. The lowest BCUT2D eigenvalue weighted by molar-refractivity contribution is -0.143. The highest BCUT2D eigenvalue weighted by atomic mass is 19.4. The van der Waals surface area contributed by atoms with Crippen LogP contribution >= 0.6 is 0 Å². The van der Waals surface area contributed by atoms with Gasteiger partial charge in [0.2, 0.25) is 0 Å². The second kappa shape index (κ2) is 10.5. The van der Waals surface area contributed by atoms with Crippen molar-refractivity contribution in [2.75, 3.05) is 0 Å². The van der Waals surface area contributed by atoms with E-state index in [9.17, 15) is 23.1 Å². The molecule has 244 valence electrons. The van der Waals surface area contributed by atoms with E-state index in [1.54, 1.807) is 19.9 Å². The van der Waals surface area contributed by atoms with Crippen LogP contribution in [-0.4, -0.2) is 25.6 Å². The minimum absolute atomic E-state index is 0.202. The molecule has 5 aromatic rings. The van der Waals surface area contributed by atoms with E-state index in [2.05, 4.69) is 4.98 Å². The fourth-order valence-electron chi connectivity index (χ4n) is 8.12. The average Bonchev–Trinajstić information content (AvgIpc) is 3.43. The first-order valence-electron chi connectivity index (χ1n) is 15.9. The Morgan fingerprint density at radius 3 is 2.52 bits per heavy atom. The largest absolute Gasteiger partial charge is 0.487 e. The Hall–Kier alpha value is -4.99. The number of nitrogens with zero attached hydrogens (tertiary/aromatic N) is 3. The molecule has 4 atom stereocenters. The van der Waals surface area contributed by atoms with Crippen LogP contribution in [0.25, 0.3) is 21.9 Å². The van der Waals surface area contributed by atoms with Gasteiger partial charge in [-0.25, -0.2) is 14.4 Å². The number of aliphatic carboxylic acids is 1. The molecule has 2 aromatic heterocycles. The van der Waals surface area contributed by atoms with Crippen LogP contribution in [0.2, 0.25) is 0 Å². The monoisotopic (exact) mass is 653 g/mol. The molecule has 3 aromatic carbocycles. The summed E-state index contributed by atoms with van der Waals surface area (Å²) in [5.41, 5.74) is 2.01. The van der Waals surface area contributed by atoms with Crippen molar-refractivity contribution in [3.05, 3.63) is 125 Å². The number of pyridine rings is 1. The number of halogens is 4. The maximum Gasteiger partial charge on any atom is 0.416 e. The van der Waals surface area contributed by atoms with Crippen LogP contribution in [0.15, 0.2) is 102 Å². The fraction of sp³-hybridized carbons (Fsp3) is 0.289. The van der Waals surface area contributed by atoms with Crippen molar-refractivity contribution in [1.82, 2.24) is 14.5 Å². The lowest BCUT2D eigenvalue weighted by Gasteiger charge is -2.52. The Morgan fingerprint density at radius 1 is 1.00 bits per heavy atom. The summed E-state index contributed by atoms with van der Waals surface area (Å²) in [6.45, 7) is 4.04. The molecule has 3 heterocycles. The number of carbonyl (C=O) groups is 1. The quantitative estimate of drug-likeness (QED) is 0.151. The maximum absolute atomic E-state index is 16.7. The molecule has 6 nitrogen and oxygen atoms in total. The van der Waals surface area contributed by atoms with Crippen LogP contribution in [0, 0.1) is 11.3 Å². The number of rotatable bonds is 5. The molecule has 0 saturated carbocycles. The van der Waals surface area contributed by atoms with Gasteiger partial charge in [-0.1, -0.05) is 42.0 Å². The van der Waals surface area contributed by atoms with Crippen LogP contribution in [0.1, 0.15) is 55.3 Å². The van der Waals surface area contributed by atoms with Gasteiger partial charge >= 0.3 is 12.1 Å². The summed E-state index contributed by atoms with van der Waals surface area (Å²) in [4.78, 5) is 22.4. The molecule has 48 heavy (non-hydrogen) atoms. The predicted molar refractivity (Wildman–Crippen MR) is 172 cm³/mol. The van der Waals surface area contributed by atoms with Gasteiger partial charge in [0.05, 0.1) is 45.1 Å². The van der Waals surface area contributed by atoms with Crippen molar-refractivity contribution >= 4 is 27.9 Å². The molecule has 0 fully saturated rings. The Morgan fingerprint density at radius 2 is 1.77 bits per heavy atom.